The molecule has 0 bridgehead atoms. The second-order valence-electron chi connectivity index (χ2n) is 5.27. The van der Waals surface area contributed by atoms with Gasteiger partial charge >= 0.3 is 0 Å². The first-order valence-electron chi connectivity index (χ1n) is 7.25. The summed E-state index contributed by atoms with van der Waals surface area (Å²) in [6.07, 6.45) is 2.20. The van der Waals surface area contributed by atoms with Crippen molar-refractivity contribution in [3.8, 4) is 0 Å². The maximum absolute atomic E-state index is 5.80. The standard InChI is InChI=1S/C14H24ClN3S2.3ClH/c1-12-13(4-5-15)20-14(16-12)19-11-3-6-18-9-7-17(2)8-10-18;;;/h3-11H2,1-2H3;3*1H. The zero-order chi connectivity index (χ0) is 14.4. The largest absolute Gasteiger partial charge is 0.304 e. The Kier molecular flexibility index (Phi) is 16.3. The molecule has 2 heterocycles. The Hall–Kier alpha value is 1.06. The summed E-state index contributed by atoms with van der Waals surface area (Å²) in [6, 6.07) is 0. The fourth-order valence-electron chi connectivity index (χ4n) is 2.30. The van der Waals surface area contributed by atoms with Gasteiger partial charge in [0.25, 0.3) is 0 Å². The number of nitrogens with zero attached hydrogens (tertiary/aromatic N) is 3. The number of thioether (sulfide) groups is 1. The van der Waals surface area contributed by atoms with Crippen LogP contribution >= 0.6 is 71.9 Å². The summed E-state index contributed by atoms with van der Waals surface area (Å²) in [5.41, 5.74) is 1.16. The summed E-state index contributed by atoms with van der Waals surface area (Å²) in [4.78, 5) is 11.0. The second-order valence-corrected chi connectivity index (χ2v) is 8.08. The van der Waals surface area contributed by atoms with Crippen LogP contribution in [-0.4, -0.2) is 66.2 Å². The number of alkyl halides is 1. The van der Waals surface area contributed by atoms with E-state index in [9.17, 15) is 0 Å². The quantitative estimate of drug-likeness (QED) is 0.357. The van der Waals surface area contributed by atoms with Crippen LogP contribution in [0.4, 0.5) is 0 Å². The number of likely N-dealkylation sites (N-methyl/N-ethyl adjacent to an activating group) is 1. The minimum atomic E-state index is 0. The van der Waals surface area contributed by atoms with Crippen molar-refractivity contribution >= 4 is 71.9 Å². The molecule has 1 saturated heterocycles. The molecular formula is C14H27Cl4N3S2. The van der Waals surface area contributed by atoms with Crippen molar-refractivity contribution in [2.45, 2.75) is 24.1 Å². The number of aryl methyl sites for hydroxylation is 2. The average molecular weight is 443 g/mol. The highest BCUT2D eigenvalue weighted by atomic mass is 35.5. The van der Waals surface area contributed by atoms with Crippen molar-refractivity contribution in [1.82, 2.24) is 14.8 Å². The van der Waals surface area contributed by atoms with Crippen LogP contribution in [0.25, 0.3) is 0 Å². The molecular weight excluding hydrogens is 416 g/mol. The van der Waals surface area contributed by atoms with Crippen molar-refractivity contribution in [2.24, 2.45) is 0 Å². The van der Waals surface area contributed by atoms with E-state index >= 15 is 0 Å². The molecule has 1 aliphatic rings. The fourth-order valence-corrected chi connectivity index (χ4v) is 4.83. The van der Waals surface area contributed by atoms with Gasteiger partial charge in [0.1, 0.15) is 4.34 Å². The van der Waals surface area contributed by atoms with E-state index < -0.39 is 0 Å². The summed E-state index contributed by atoms with van der Waals surface area (Å²) in [6.45, 7) is 8.17. The zero-order valence-electron chi connectivity index (χ0n) is 13.6. The van der Waals surface area contributed by atoms with Gasteiger partial charge in [-0.1, -0.05) is 11.8 Å². The summed E-state index contributed by atoms with van der Waals surface area (Å²) >= 11 is 9.52. The second kappa shape index (κ2) is 14.3. The van der Waals surface area contributed by atoms with Crippen molar-refractivity contribution in [2.75, 3.05) is 51.4 Å². The number of hydrogen-bond acceptors (Lipinski definition) is 5. The molecule has 23 heavy (non-hydrogen) atoms. The average Bonchev–Trinajstić information content (AvgIpc) is 2.78. The minimum Gasteiger partial charge on any atom is -0.304 e. The molecule has 0 aliphatic carbocycles. The van der Waals surface area contributed by atoms with Crippen LogP contribution in [0.2, 0.25) is 0 Å². The van der Waals surface area contributed by atoms with Crippen molar-refractivity contribution in [3.05, 3.63) is 10.6 Å². The fraction of sp³-hybridized carbons (Fsp3) is 0.786. The lowest BCUT2D eigenvalue weighted by Crippen LogP contribution is -2.44. The van der Waals surface area contributed by atoms with Gasteiger partial charge in [0, 0.05) is 42.7 Å². The van der Waals surface area contributed by atoms with E-state index in [2.05, 4.69) is 28.8 Å². The van der Waals surface area contributed by atoms with E-state index in [4.69, 9.17) is 11.6 Å². The van der Waals surface area contributed by atoms with Crippen LogP contribution in [-0.2, 0) is 6.42 Å². The Morgan fingerprint density at radius 1 is 1.17 bits per heavy atom. The van der Waals surface area contributed by atoms with E-state index in [1.165, 1.54) is 54.1 Å². The molecule has 1 aliphatic heterocycles. The van der Waals surface area contributed by atoms with Crippen molar-refractivity contribution in [1.29, 1.82) is 0 Å². The van der Waals surface area contributed by atoms with Crippen LogP contribution in [0.1, 0.15) is 17.0 Å². The van der Waals surface area contributed by atoms with Gasteiger partial charge in [0.2, 0.25) is 0 Å². The van der Waals surface area contributed by atoms with E-state index in [0.717, 1.165) is 12.1 Å². The predicted molar refractivity (Wildman–Crippen MR) is 112 cm³/mol. The Labute approximate surface area is 172 Å². The van der Waals surface area contributed by atoms with E-state index in [-0.39, 0.29) is 37.2 Å². The van der Waals surface area contributed by atoms with E-state index in [1.54, 1.807) is 0 Å². The molecule has 1 aromatic heterocycles. The molecule has 0 unspecified atom stereocenters. The molecule has 0 radical (unpaired) electrons. The molecule has 0 saturated carbocycles. The van der Waals surface area contributed by atoms with Gasteiger partial charge < -0.3 is 9.80 Å². The maximum atomic E-state index is 5.80. The minimum absolute atomic E-state index is 0. The lowest BCUT2D eigenvalue weighted by Gasteiger charge is -2.32. The molecule has 1 fully saturated rings. The Bertz CT molecular complexity index is 413. The molecule has 0 aromatic carbocycles. The predicted octanol–water partition coefficient (Wildman–Crippen LogP) is 4.23. The van der Waals surface area contributed by atoms with E-state index in [0.29, 0.717) is 5.88 Å². The molecule has 1 aromatic rings. The molecule has 3 nitrogen and oxygen atoms in total. The number of halogens is 4. The van der Waals surface area contributed by atoms with Crippen LogP contribution in [0.5, 0.6) is 0 Å². The molecule has 138 valence electrons. The van der Waals surface area contributed by atoms with Crippen molar-refractivity contribution in [3.63, 3.8) is 0 Å². The Morgan fingerprint density at radius 3 is 2.43 bits per heavy atom. The third kappa shape index (κ3) is 9.36. The van der Waals surface area contributed by atoms with Crippen LogP contribution < -0.4 is 0 Å². The Balaban J connectivity index is 0. The summed E-state index contributed by atoms with van der Waals surface area (Å²) in [7, 11) is 2.20. The third-order valence-corrected chi connectivity index (χ3v) is 6.27. The normalized spacial score (nSPS) is 15.4. The third-order valence-electron chi connectivity index (χ3n) is 3.63. The number of aromatic nitrogens is 1. The summed E-state index contributed by atoms with van der Waals surface area (Å²) in [5.74, 6) is 1.86. The van der Waals surface area contributed by atoms with E-state index in [1.807, 2.05) is 23.1 Å². The SMILES string of the molecule is Cc1nc(SCCCN2CCN(C)CC2)sc1CCCl.Cl.Cl.Cl. The molecule has 0 N–H and O–H groups in total. The van der Waals surface area contributed by atoms with Gasteiger partial charge in [-0.3, -0.25) is 0 Å². The van der Waals surface area contributed by atoms with Gasteiger partial charge in [0.15, 0.2) is 0 Å². The molecule has 0 amide bonds. The molecule has 2 rings (SSSR count). The monoisotopic (exact) mass is 441 g/mol. The zero-order valence-corrected chi connectivity index (χ0v) is 18.5. The first kappa shape index (κ1) is 26.3. The van der Waals surface area contributed by atoms with Gasteiger partial charge in [0.05, 0.1) is 5.69 Å². The number of rotatable bonds is 7. The maximum Gasteiger partial charge on any atom is 0.150 e. The highest BCUT2D eigenvalue weighted by Gasteiger charge is 2.13. The molecule has 0 spiro atoms. The number of piperazine rings is 1. The van der Waals surface area contributed by atoms with Crippen LogP contribution in [0, 0.1) is 6.92 Å². The Morgan fingerprint density at radius 2 is 1.83 bits per heavy atom. The van der Waals surface area contributed by atoms with Gasteiger partial charge in [-0.25, -0.2) is 4.98 Å². The number of thiazole rings is 1. The summed E-state index contributed by atoms with van der Waals surface area (Å²) in [5, 5.41) is 0. The lowest BCUT2D eigenvalue weighted by atomic mass is 10.3. The first-order valence-corrected chi connectivity index (χ1v) is 9.58. The molecule has 9 heteroatoms. The van der Waals surface area contributed by atoms with Crippen LogP contribution in [0.3, 0.4) is 0 Å². The smallest absolute Gasteiger partial charge is 0.150 e. The van der Waals surface area contributed by atoms with Gasteiger partial charge in [-0.05, 0) is 33.4 Å². The highest BCUT2D eigenvalue weighted by Crippen LogP contribution is 2.28. The number of hydrogen-bond donors (Lipinski definition) is 0. The summed E-state index contributed by atoms with van der Waals surface area (Å²) < 4.78 is 1.21. The lowest BCUT2D eigenvalue weighted by molar-refractivity contribution is 0.154. The topological polar surface area (TPSA) is 19.4 Å². The highest BCUT2D eigenvalue weighted by molar-refractivity contribution is 8.01. The van der Waals surface area contributed by atoms with Crippen LogP contribution in [0.15, 0.2) is 4.34 Å². The van der Waals surface area contributed by atoms with Gasteiger partial charge in [-0.15, -0.1) is 60.2 Å². The first-order chi connectivity index (χ1) is 9.69. The molecule has 0 atom stereocenters. The van der Waals surface area contributed by atoms with Gasteiger partial charge in [-0.2, -0.15) is 0 Å². The van der Waals surface area contributed by atoms with Crippen molar-refractivity contribution < 1.29 is 0 Å².